The Morgan fingerprint density at radius 3 is 2.06 bits per heavy atom. The van der Waals surface area contributed by atoms with Crippen molar-refractivity contribution in [3.05, 3.63) is 89.0 Å². The SMILES string of the molecule is Cn1ccnc1C(=O)C=Cc1ccc(CC(=O)Nc2cc(C(F)(F)F)cc(C(F)(F)F)c2)cc1. The Balaban J connectivity index is 1.68. The van der Waals surface area contributed by atoms with E-state index in [1.807, 2.05) is 0 Å². The quantitative estimate of drug-likeness (QED) is 0.286. The molecule has 0 saturated heterocycles. The van der Waals surface area contributed by atoms with Crippen LogP contribution in [-0.4, -0.2) is 21.2 Å². The number of allylic oxidation sites excluding steroid dienone is 1. The zero-order chi connectivity index (χ0) is 25.1. The summed E-state index contributed by atoms with van der Waals surface area (Å²) in [6.45, 7) is 0. The van der Waals surface area contributed by atoms with Crippen LogP contribution in [-0.2, 0) is 30.6 Å². The first-order valence-corrected chi connectivity index (χ1v) is 9.71. The molecule has 11 heteroatoms. The molecule has 0 fully saturated rings. The highest BCUT2D eigenvalue weighted by molar-refractivity contribution is 6.04. The zero-order valence-corrected chi connectivity index (χ0v) is 17.5. The number of nitrogens with one attached hydrogen (secondary N) is 1. The van der Waals surface area contributed by atoms with E-state index in [1.54, 1.807) is 48.2 Å². The van der Waals surface area contributed by atoms with Gasteiger partial charge in [0, 0.05) is 25.1 Å². The van der Waals surface area contributed by atoms with Gasteiger partial charge in [0.25, 0.3) is 0 Å². The minimum absolute atomic E-state index is 0.0134. The fourth-order valence-corrected chi connectivity index (χ4v) is 3.01. The molecule has 5 nitrogen and oxygen atoms in total. The molecule has 2 aromatic carbocycles. The van der Waals surface area contributed by atoms with E-state index >= 15 is 0 Å². The van der Waals surface area contributed by atoms with Crippen molar-refractivity contribution in [2.45, 2.75) is 18.8 Å². The van der Waals surface area contributed by atoms with E-state index in [0.29, 0.717) is 23.3 Å². The van der Waals surface area contributed by atoms with Crippen molar-refractivity contribution in [2.24, 2.45) is 7.05 Å². The first-order valence-electron chi connectivity index (χ1n) is 9.71. The summed E-state index contributed by atoms with van der Waals surface area (Å²) in [5, 5.41) is 2.08. The number of aryl methyl sites for hydroxylation is 1. The molecule has 34 heavy (non-hydrogen) atoms. The summed E-state index contributed by atoms with van der Waals surface area (Å²) < 4.78 is 79.3. The monoisotopic (exact) mass is 481 g/mol. The summed E-state index contributed by atoms with van der Waals surface area (Å²) >= 11 is 0. The number of imidazole rings is 1. The largest absolute Gasteiger partial charge is 0.416 e. The fraction of sp³-hybridized carbons (Fsp3) is 0.174. The number of amides is 1. The highest BCUT2D eigenvalue weighted by Crippen LogP contribution is 2.37. The van der Waals surface area contributed by atoms with Gasteiger partial charge in [-0.2, -0.15) is 26.3 Å². The maximum absolute atomic E-state index is 13.0. The molecule has 178 valence electrons. The Labute approximate surface area is 189 Å². The van der Waals surface area contributed by atoms with Crippen molar-refractivity contribution in [2.75, 3.05) is 5.32 Å². The highest BCUT2D eigenvalue weighted by Gasteiger charge is 2.37. The van der Waals surface area contributed by atoms with Crippen LogP contribution in [0.2, 0.25) is 0 Å². The van der Waals surface area contributed by atoms with Gasteiger partial charge in [-0.3, -0.25) is 9.59 Å². The van der Waals surface area contributed by atoms with Gasteiger partial charge in [-0.1, -0.05) is 30.3 Å². The second-order valence-electron chi connectivity index (χ2n) is 7.32. The third kappa shape index (κ3) is 6.33. The number of alkyl halides is 6. The van der Waals surface area contributed by atoms with Crippen molar-refractivity contribution < 1.29 is 35.9 Å². The Kier molecular flexibility index (Phi) is 6.94. The van der Waals surface area contributed by atoms with E-state index in [2.05, 4.69) is 10.3 Å². The van der Waals surface area contributed by atoms with Crippen molar-refractivity contribution in [1.82, 2.24) is 9.55 Å². The molecule has 0 spiro atoms. The van der Waals surface area contributed by atoms with E-state index < -0.39 is 35.1 Å². The highest BCUT2D eigenvalue weighted by atomic mass is 19.4. The third-order valence-corrected chi connectivity index (χ3v) is 4.68. The number of halogens is 6. The zero-order valence-electron chi connectivity index (χ0n) is 17.5. The number of carbonyl (C=O) groups is 2. The number of nitrogens with zero attached hydrogens (tertiary/aromatic N) is 2. The van der Waals surface area contributed by atoms with Gasteiger partial charge in [-0.25, -0.2) is 4.98 Å². The first kappa shape index (κ1) is 24.7. The standard InChI is InChI=1S/C23H17F6N3O2/c1-32-9-8-30-21(32)19(33)7-6-14-2-4-15(5-3-14)10-20(34)31-18-12-16(22(24,25)26)11-17(13-18)23(27,28)29/h2-9,11-13H,10H2,1H3,(H,31,34). The Morgan fingerprint density at radius 2 is 1.56 bits per heavy atom. The van der Waals surface area contributed by atoms with E-state index in [-0.39, 0.29) is 24.1 Å². The number of benzene rings is 2. The van der Waals surface area contributed by atoms with Gasteiger partial charge in [-0.05, 0) is 35.4 Å². The Hall–Kier alpha value is -3.89. The number of carbonyl (C=O) groups excluding carboxylic acids is 2. The molecule has 0 saturated carbocycles. The molecule has 0 aliphatic carbocycles. The average Bonchev–Trinajstić information content (AvgIpc) is 3.17. The van der Waals surface area contributed by atoms with Crippen LogP contribution in [0.15, 0.2) is 60.9 Å². The predicted octanol–water partition coefficient (Wildman–Crippen LogP) is 5.54. The molecule has 0 atom stereocenters. The van der Waals surface area contributed by atoms with Gasteiger partial charge in [0.1, 0.15) is 0 Å². The van der Waals surface area contributed by atoms with Gasteiger partial charge >= 0.3 is 12.4 Å². The average molecular weight is 481 g/mol. The van der Waals surface area contributed by atoms with Gasteiger partial charge < -0.3 is 9.88 Å². The number of aromatic nitrogens is 2. The van der Waals surface area contributed by atoms with Gasteiger partial charge in [0.2, 0.25) is 11.7 Å². The summed E-state index contributed by atoms with van der Waals surface area (Å²) in [4.78, 5) is 28.3. The van der Waals surface area contributed by atoms with Crippen LogP contribution >= 0.6 is 0 Å². The van der Waals surface area contributed by atoms with Crippen LogP contribution in [0.25, 0.3) is 6.08 Å². The second-order valence-corrected chi connectivity index (χ2v) is 7.32. The van der Waals surface area contributed by atoms with Crippen molar-refractivity contribution in [3.63, 3.8) is 0 Å². The summed E-state index contributed by atoms with van der Waals surface area (Å²) in [7, 11) is 1.68. The van der Waals surface area contributed by atoms with Crippen LogP contribution in [0.4, 0.5) is 32.0 Å². The van der Waals surface area contributed by atoms with Crippen molar-refractivity contribution in [1.29, 1.82) is 0 Å². The first-order chi connectivity index (χ1) is 15.8. The number of anilines is 1. The van der Waals surface area contributed by atoms with Gasteiger partial charge in [-0.15, -0.1) is 0 Å². The maximum Gasteiger partial charge on any atom is 0.416 e. The molecule has 1 amide bonds. The maximum atomic E-state index is 13.0. The van der Waals surface area contributed by atoms with Gasteiger partial charge in [0.05, 0.1) is 17.5 Å². The fourth-order valence-electron chi connectivity index (χ4n) is 3.01. The molecule has 3 rings (SSSR count). The number of rotatable bonds is 6. The minimum atomic E-state index is -5.01. The lowest BCUT2D eigenvalue weighted by Gasteiger charge is -2.15. The summed E-state index contributed by atoms with van der Waals surface area (Å²) in [5.41, 5.74) is -2.55. The summed E-state index contributed by atoms with van der Waals surface area (Å²) in [5.74, 6) is -0.844. The molecule has 1 aromatic heterocycles. The van der Waals surface area contributed by atoms with Crippen LogP contribution < -0.4 is 5.32 Å². The third-order valence-electron chi connectivity index (χ3n) is 4.68. The van der Waals surface area contributed by atoms with Crippen LogP contribution in [0.1, 0.15) is 32.9 Å². The van der Waals surface area contributed by atoms with E-state index in [9.17, 15) is 35.9 Å². The lowest BCUT2D eigenvalue weighted by atomic mass is 10.1. The number of hydrogen-bond donors (Lipinski definition) is 1. The van der Waals surface area contributed by atoms with Crippen LogP contribution in [0.5, 0.6) is 0 Å². The van der Waals surface area contributed by atoms with E-state index in [1.165, 1.54) is 12.3 Å². The number of ketones is 1. The van der Waals surface area contributed by atoms with Crippen molar-refractivity contribution in [3.8, 4) is 0 Å². The molecule has 0 radical (unpaired) electrons. The van der Waals surface area contributed by atoms with E-state index in [4.69, 9.17) is 0 Å². The normalized spacial score (nSPS) is 12.2. The lowest BCUT2D eigenvalue weighted by Crippen LogP contribution is -2.17. The summed E-state index contributed by atoms with van der Waals surface area (Å²) in [6, 6.07) is 7.20. The molecule has 0 aliphatic rings. The van der Waals surface area contributed by atoms with E-state index in [0.717, 1.165) is 0 Å². The van der Waals surface area contributed by atoms with Crippen LogP contribution in [0, 0.1) is 0 Å². The molecule has 3 aromatic rings. The van der Waals surface area contributed by atoms with Gasteiger partial charge in [0.15, 0.2) is 5.82 Å². The topological polar surface area (TPSA) is 64.0 Å². The molecule has 0 unspecified atom stereocenters. The predicted molar refractivity (Wildman–Crippen MR) is 112 cm³/mol. The Morgan fingerprint density at radius 1 is 0.971 bits per heavy atom. The number of hydrogen-bond acceptors (Lipinski definition) is 3. The molecule has 1 heterocycles. The molecular formula is C23H17F6N3O2. The van der Waals surface area contributed by atoms with Crippen LogP contribution in [0.3, 0.4) is 0 Å². The van der Waals surface area contributed by atoms with Crippen molar-refractivity contribution >= 4 is 23.5 Å². The molecule has 0 bridgehead atoms. The smallest absolute Gasteiger partial charge is 0.331 e. The summed E-state index contributed by atoms with van der Waals surface area (Å²) in [6.07, 6.45) is -4.32. The second kappa shape index (κ2) is 9.54. The Bertz CT molecular complexity index is 1190. The molecular weight excluding hydrogens is 464 g/mol. The molecule has 0 aliphatic heterocycles. The lowest BCUT2D eigenvalue weighted by molar-refractivity contribution is -0.143. The minimum Gasteiger partial charge on any atom is -0.331 e. The molecule has 1 N–H and O–H groups in total.